The lowest BCUT2D eigenvalue weighted by Gasteiger charge is -2.36. The summed E-state index contributed by atoms with van der Waals surface area (Å²) in [5.41, 5.74) is 0.690. The zero-order chi connectivity index (χ0) is 15.5. The predicted molar refractivity (Wildman–Crippen MR) is 81.6 cm³/mol. The third-order valence-electron chi connectivity index (χ3n) is 4.49. The number of rotatable bonds is 5. The summed E-state index contributed by atoms with van der Waals surface area (Å²) in [5, 5.41) is 22.9. The summed E-state index contributed by atoms with van der Waals surface area (Å²) in [4.78, 5) is 15.2. The van der Waals surface area contributed by atoms with Crippen molar-refractivity contribution in [3.05, 3.63) is 23.5 Å². The maximum atomic E-state index is 11.2. The lowest BCUT2D eigenvalue weighted by Crippen LogP contribution is -2.40. The van der Waals surface area contributed by atoms with Crippen LogP contribution in [0.15, 0.2) is 12.3 Å². The Hall–Kier alpha value is -1.62. The van der Waals surface area contributed by atoms with Crippen LogP contribution in [0.5, 0.6) is 0 Å². The van der Waals surface area contributed by atoms with Crippen molar-refractivity contribution in [1.29, 1.82) is 0 Å². The van der Waals surface area contributed by atoms with Gasteiger partial charge in [0.05, 0.1) is 11.3 Å². The summed E-state index contributed by atoms with van der Waals surface area (Å²) in [6, 6.07) is 1.71. The average Bonchev–Trinajstić information content (AvgIpc) is 2.46. The molecule has 1 fully saturated rings. The van der Waals surface area contributed by atoms with Crippen molar-refractivity contribution in [1.82, 2.24) is 4.98 Å². The molecule has 5 heteroatoms. The normalized spacial score (nSPS) is 25.6. The fourth-order valence-corrected chi connectivity index (χ4v) is 2.94. The molecule has 0 saturated heterocycles. The third kappa shape index (κ3) is 3.94. The number of carbonyl (C=O) groups is 1. The van der Waals surface area contributed by atoms with E-state index in [2.05, 4.69) is 17.2 Å². The number of carboxylic acids is 1. The van der Waals surface area contributed by atoms with E-state index in [1.54, 1.807) is 6.07 Å². The highest BCUT2D eigenvalue weighted by Crippen LogP contribution is 2.34. The number of aromatic nitrogens is 1. The van der Waals surface area contributed by atoms with Crippen molar-refractivity contribution in [3.63, 3.8) is 0 Å². The second-order valence-corrected chi connectivity index (χ2v) is 6.11. The van der Waals surface area contributed by atoms with E-state index < -0.39 is 11.6 Å². The van der Waals surface area contributed by atoms with Gasteiger partial charge in [-0.3, -0.25) is 4.98 Å². The van der Waals surface area contributed by atoms with E-state index in [4.69, 9.17) is 0 Å². The van der Waals surface area contributed by atoms with Crippen LogP contribution in [-0.4, -0.2) is 33.3 Å². The first kappa shape index (κ1) is 15.8. The molecule has 5 nitrogen and oxygen atoms in total. The first-order valence-corrected chi connectivity index (χ1v) is 7.60. The number of anilines is 1. The SMILES string of the molecule is CCC1CCC(O)(CNc2cc(C)ncc2C(=O)O)CC1. The van der Waals surface area contributed by atoms with Gasteiger partial charge < -0.3 is 15.5 Å². The molecule has 1 aromatic heterocycles. The monoisotopic (exact) mass is 292 g/mol. The van der Waals surface area contributed by atoms with Crippen LogP contribution in [0.25, 0.3) is 0 Å². The second-order valence-electron chi connectivity index (χ2n) is 6.11. The highest BCUT2D eigenvalue weighted by atomic mass is 16.4. The number of aromatic carboxylic acids is 1. The molecule has 1 aliphatic rings. The number of aryl methyl sites for hydroxylation is 1. The van der Waals surface area contributed by atoms with Crippen molar-refractivity contribution in [2.75, 3.05) is 11.9 Å². The minimum Gasteiger partial charge on any atom is -0.478 e. The number of pyridine rings is 1. The minimum absolute atomic E-state index is 0.145. The van der Waals surface area contributed by atoms with Crippen molar-refractivity contribution in [2.45, 2.75) is 51.6 Å². The number of hydrogen-bond donors (Lipinski definition) is 3. The van der Waals surface area contributed by atoms with Gasteiger partial charge in [0.25, 0.3) is 0 Å². The molecule has 0 unspecified atom stereocenters. The maximum Gasteiger partial charge on any atom is 0.339 e. The van der Waals surface area contributed by atoms with Crippen molar-refractivity contribution >= 4 is 11.7 Å². The molecule has 2 rings (SSSR count). The summed E-state index contributed by atoms with van der Waals surface area (Å²) in [7, 11) is 0. The van der Waals surface area contributed by atoms with Gasteiger partial charge in [-0.2, -0.15) is 0 Å². The lowest BCUT2D eigenvalue weighted by molar-refractivity contribution is 0.00225. The fraction of sp³-hybridized carbons (Fsp3) is 0.625. The van der Waals surface area contributed by atoms with Crippen LogP contribution in [0, 0.1) is 12.8 Å². The van der Waals surface area contributed by atoms with Gasteiger partial charge in [-0.25, -0.2) is 4.79 Å². The largest absolute Gasteiger partial charge is 0.478 e. The highest BCUT2D eigenvalue weighted by molar-refractivity contribution is 5.93. The molecule has 21 heavy (non-hydrogen) atoms. The third-order valence-corrected chi connectivity index (χ3v) is 4.49. The number of nitrogens with zero attached hydrogens (tertiary/aromatic N) is 1. The molecule has 1 heterocycles. The summed E-state index contributed by atoms with van der Waals surface area (Å²) in [6.07, 6.45) is 6.13. The van der Waals surface area contributed by atoms with E-state index in [-0.39, 0.29) is 5.56 Å². The van der Waals surface area contributed by atoms with Gasteiger partial charge in [0.15, 0.2) is 0 Å². The maximum absolute atomic E-state index is 11.2. The molecule has 1 aliphatic carbocycles. The summed E-state index contributed by atoms with van der Waals surface area (Å²) < 4.78 is 0. The molecule has 0 radical (unpaired) electrons. The van der Waals surface area contributed by atoms with Crippen molar-refractivity contribution in [3.8, 4) is 0 Å². The van der Waals surface area contributed by atoms with Crippen LogP contribution in [0.3, 0.4) is 0 Å². The molecule has 0 spiro atoms. The second kappa shape index (κ2) is 6.43. The molecule has 116 valence electrons. The standard InChI is InChI=1S/C16H24N2O3/c1-3-12-4-6-16(21,7-5-12)10-18-14-8-11(2)17-9-13(14)15(19)20/h8-9,12,21H,3-7,10H2,1-2H3,(H,17,18)(H,19,20). The van der Waals surface area contributed by atoms with E-state index in [1.807, 2.05) is 6.92 Å². The Balaban J connectivity index is 2.03. The number of carboxylic acid groups (broad SMARTS) is 1. The van der Waals surface area contributed by atoms with Gasteiger partial charge in [0, 0.05) is 18.4 Å². The topological polar surface area (TPSA) is 82.5 Å². The Morgan fingerprint density at radius 3 is 2.71 bits per heavy atom. The van der Waals surface area contributed by atoms with Crippen LogP contribution < -0.4 is 5.32 Å². The molecule has 3 N–H and O–H groups in total. The van der Waals surface area contributed by atoms with Gasteiger partial charge in [0.1, 0.15) is 5.56 Å². The number of aliphatic hydroxyl groups is 1. The Kier molecular flexibility index (Phi) is 4.83. The van der Waals surface area contributed by atoms with Crippen LogP contribution >= 0.6 is 0 Å². The van der Waals surface area contributed by atoms with Crippen LogP contribution in [0.4, 0.5) is 5.69 Å². The van der Waals surface area contributed by atoms with Crippen LogP contribution in [0.1, 0.15) is 55.1 Å². The molecule has 0 aromatic carbocycles. The van der Waals surface area contributed by atoms with Crippen LogP contribution in [0.2, 0.25) is 0 Å². The van der Waals surface area contributed by atoms with Gasteiger partial charge in [-0.1, -0.05) is 13.3 Å². The highest BCUT2D eigenvalue weighted by Gasteiger charge is 2.32. The van der Waals surface area contributed by atoms with E-state index in [9.17, 15) is 15.0 Å². The van der Waals surface area contributed by atoms with Crippen LogP contribution in [-0.2, 0) is 0 Å². The molecule has 1 saturated carbocycles. The molecule has 1 aromatic rings. The van der Waals surface area contributed by atoms with Gasteiger partial charge in [-0.15, -0.1) is 0 Å². The molecule has 0 atom stereocenters. The first-order chi connectivity index (χ1) is 9.93. The van der Waals surface area contributed by atoms with E-state index >= 15 is 0 Å². The zero-order valence-electron chi connectivity index (χ0n) is 12.7. The Morgan fingerprint density at radius 1 is 1.48 bits per heavy atom. The quantitative estimate of drug-likeness (QED) is 0.777. The Bertz CT molecular complexity index is 508. The smallest absolute Gasteiger partial charge is 0.339 e. The summed E-state index contributed by atoms with van der Waals surface area (Å²) >= 11 is 0. The zero-order valence-corrected chi connectivity index (χ0v) is 12.7. The minimum atomic E-state index is -1.01. The Labute approximate surface area is 125 Å². The number of hydrogen-bond acceptors (Lipinski definition) is 4. The van der Waals surface area contributed by atoms with Crippen molar-refractivity contribution < 1.29 is 15.0 Å². The molecular weight excluding hydrogens is 268 g/mol. The van der Waals surface area contributed by atoms with Gasteiger partial charge in [-0.05, 0) is 44.6 Å². The predicted octanol–water partition coefficient (Wildman–Crippen LogP) is 2.83. The van der Waals surface area contributed by atoms with E-state index in [1.165, 1.54) is 6.20 Å². The molecular formula is C16H24N2O3. The summed E-state index contributed by atoms with van der Waals surface area (Å²) in [5.74, 6) is -0.297. The number of nitrogens with one attached hydrogen (secondary N) is 1. The average molecular weight is 292 g/mol. The van der Waals surface area contributed by atoms with Gasteiger partial charge in [0.2, 0.25) is 0 Å². The fourth-order valence-electron chi connectivity index (χ4n) is 2.94. The summed E-state index contributed by atoms with van der Waals surface area (Å²) in [6.45, 7) is 4.39. The van der Waals surface area contributed by atoms with Crippen molar-refractivity contribution in [2.24, 2.45) is 5.92 Å². The van der Waals surface area contributed by atoms with E-state index in [0.29, 0.717) is 18.2 Å². The first-order valence-electron chi connectivity index (χ1n) is 7.60. The Morgan fingerprint density at radius 2 is 2.14 bits per heavy atom. The lowest BCUT2D eigenvalue weighted by atomic mass is 9.78. The van der Waals surface area contributed by atoms with E-state index in [0.717, 1.165) is 37.8 Å². The molecule has 0 amide bonds. The van der Waals surface area contributed by atoms with Gasteiger partial charge >= 0.3 is 5.97 Å². The molecule has 0 bridgehead atoms. The molecule has 0 aliphatic heterocycles.